The Bertz CT molecular complexity index is 587. The van der Waals surface area contributed by atoms with Crippen molar-refractivity contribution >= 4 is 17.2 Å². The van der Waals surface area contributed by atoms with Gasteiger partial charge in [-0.05, 0) is 30.2 Å². The highest BCUT2D eigenvalue weighted by Gasteiger charge is 2.20. The van der Waals surface area contributed by atoms with Crippen LogP contribution in [0.2, 0.25) is 0 Å². The first-order chi connectivity index (χ1) is 9.24. The molecular formula is C14H17N3OS. The molecule has 5 heteroatoms. The van der Waals surface area contributed by atoms with Crippen molar-refractivity contribution in [2.75, 3.05) is 6.54 Å². The molecule has 19 heavy (non-hydrogen) atoms. The van der Waals surface area contributed by atoms with Crippen LogP contribution in [0.4, 0.5) is 0 Å². The van der Waals surface area contributed by atoms with Gasteiger partial charge >= 0.3 is 0 Å². The molecule has 100 valence electrons. The van der Waals surface area contributed by atoms with Gasteiger partial charge < -0.3 is 9.88 Å². The van der Waals surface area contributed by atoms with Crippen LogP contribution in [0.15, 0.2) is 23.2 Å². The molecule has 0 aromatic carbocycles. The van der Waals surface area contributed by atoms with Crippen molar-refractivity contribution in [3.8, 4) is 0 Å². The smallest absolute Gasteiger partial charge is 0.252 e. The van der Waals surface area contributed by atoms with E-state index in [2.05, 4.69) is 14.9 Å². The summed E-state index contributed by atoms with van der Waals surface area (Å²) in [6, 6.07) is 0. The van der Waals surface area contributed by atoms with Crippen molar-refractivity contribution in [3.05, 3.63) is 40.1 Å². The van der Waals surface area contributed by atoms with Gasteiger partial charge in [-0.1, -0.05) is 0 Å². The molecule has 3 heterocycles. The molecule has 4 nitrogen and oxygen atoms in total. The van der Waals surface area contributed by atoms with E-state index < -0.39 is 0 Å². The van der Waals surface area contributed by atoms with Gasteiger partial charge in [-0.25, -0.2) is 4.98 Å². The summed E-state index contributed by atoms with van der Waals surface area (Å²) in [5.41, 5.74) is 1.86. The maximum Gasteiger partial charge on any atom is 0.252 e. The SMILES string of the molecule is Cc1cscc1C(=O)NC[C@H]1CCn2ccnc2C1. The average molecular weight is 275 g/mol. The summed E-state index contributed by atoms with van der Waals surface area (Å²) < 4.78 is 2.20. The van der Waals surface area contributed by atoms with Crippen molar-refractivity contribution < 1.29 is 4.79 Å². The Hall–Kier alpha value is -1.62. The normalized spacial score (nSPS) is 18.1. The number of carbonyl (C=O) groups is 1. The lowest BCUT2D eigenvalue weighted by Gasteiger charge is -2.23. The van der Waals surface area contributed by atoms with Crippen LogP contribution >= 0.6 is 11.3 Å². The summed E-state index contributed by atoms with van der Waals surface area (Å²) in [4.78, 5) is 16.4. The molecule has 1 amide bonds. The summed E-state index contributed by atoms with van der Waals surface area (Å²) in [7, 11) is 0. The number of fused-ring (bicyclic) bond motifs is 1. The molecular weight excluding hydrogens is 258 g/mol. The van der Waals surface area contributed by atoms with Gasteiger partial charge in [0.05, 0.1) is 5.56 Å². The molecule has 0 aliphatic carbocycles. The summed E-state index contributed by atoms with van der Waals surface area (Å²) in [6.07, 6.45) is 5.94. The molecule has 2 aromatic rings. The van der Waals surface area contributed by atoms with Crippen molar-refractivity contribution in [2.45, 2.75) is 26.3 Å². The van der Waals surface area contributed by atoms with E-state index in [-0.39, 0.29) is 5.91 Å². The van der Waals surface area contributed by atoms with E-state index in [1.165, 1.54) is 0 Å². The number of aryl methyl sites for hydroxylation is 2. The lowest BCUT2D eigenvalue weighted by atomic mass is 9.97. The maximum absolute atomic E-state index is 12.0. The number of nitrogens with one attached hydrogen (secondary N) is 1. The minimum Gasteiger partial charge on any atom is -0.352 e. The molecule has 0 unspecified atom stereocenters. The van der Waals surface area contributed by atoms with Crippen LogP contribution in [0.25, 0.3) is 0 Å². The number of imidazole rings is 1. The largest absolute Gasteiger partial charge is 0.352 e. The summed E-state index contributed by atoms with van der Waals surface area (Å²) in [5, 5.41) is 6.97. The first-order valence-electron chi connectivity index (χ1n) is 6.55. The zero-order chi connectivity index (χ0) is 13.2. The Morgan fingerprint density at radius 3 is 3.26 bits per heavy atom. The Kier molecular flexibility index (Phi) is 3.38. The second-order valence-electron chi connectivity index (χ2n) is 5.07. The monoisotopic (exact) mass is 275 g/mol. The van der Waals surface area contributed by atoms with Crippen LogP contribution in [-0.4, -0.2) is 22.0 Å². The van der Waals surface area contributed by atoms with Crippen LogP contribution in [0, 0.1) is 12.8 Å². The standard InChI is InChI=1S/C14H17N3OS/c1-10-8-19-9-12(10)14(18)16-7-11-2-4-17-5-3-15-13(17)6-11/h3,5,8-9,11H,2,4,6-7H2,1H3,(H,16,18)/t11-/m0/s1. The number of carbonyl (C=O) groups excluding carboxylic acids is 1. The quantitative estimate of drug-likeness (QED) is 0.934. The molecule has 1 atom stereocenters. The fourth-order valence-electron chi connectivity index (χ4n) is 2.52. The molecule has 1 aliphatic rings. The predicted molar refractivity (Wildman–Crippen MR) is 75.4 cm³/mol. The van der Waals surface area contributed by atoms with E-state index in [0.29, 0.717) is 5.92 Å². The fraction of sp³-hybridized carbons (Fsp3) is 0.429. The zero-order valence-corrected chi connectivity index (χ0v) is 11.7. The number of hydrogen-bond acceptors (Lipinski definition) is 3. The minimum atomic E-state index is 0.0488. The number of rotatable bonds is 3. The minimum absolute atomic E-state index is 0.0488. The number of aromatic nitrogens is 2. The van der Waals surface area contributed by atoms with Crippen LogP contribution in [0.3, 0.4) is 0 Å². The van der Waals surface area contributed by atoms with Crippen LogP contribution in [-0.2, 0) is 13.0 Å². The van der Waals surface area contributed by atoms with Crippen LogP contribution in [0.5, 0.6) is 0 Å². The molecule has 0 saturated carbocycles. The first kappa shape index (κ1) is 12.4. The van der Waals surface area contributed by atoms with Gasteiger partial charge in [0, 0.05) is 37.3 Å². The van der Waals surface area contributed by atoms with Gasteiger partial charge in [0.2, 0.25) is 0 Å². The lowest BCUT2D eigenvalue weighted by molar-refractivity contribution is 0.0944. The molecule has 1 N–H and O–H groups in total. The number of amides is 1. The van der Waals surface area contributed by atoms with E-state index in [1.807, 2.05) is 30.1 Å². The van der Waals surface area contributed by atoms with E-state index in [1.54, 1.807) is 11.3 Å². The Morgan fingerprint density at radius 2 is 2.47 bits per heavy atom. The molecule has 0 spiro atoms. The van der Waals surface area contributed by atoms with Gasteiger partial charge in [-0.2, -0.15) is 11.3 Å². The predicted octanol–water partition coefficient (Wildman–Crippen LogP) is 2.25. The molecule has 1 aliphatic heterocycles. The fourth-order valence-corrected chi connectivity index (χ4v) is 3.34. The third-order valence-electron chi connectivity index (χ3n) is 3.70. The second kappa shape index (κ2) is 5.17. The molecule has 0 bridgehead atoms. The summed E-state index contributed by atoms with van der Waals surface area (Å²) >= 11 is 1.57. The van der Waals surface area contributed by atoms with Crippen molar-refractivity contribution in [2.24, 2.45) is 5.92 Å². The van der Waals surface area contributed by atoms with Crippen molar-refractivity contribution in [1.29, 1.82) is 0 Å². The van der Waals surface area contributed by atoms with Gasteiger partial charge in [0.1, 0.15) is 5.82 Å². The summed E-state index contributed by atoms with van der Waals surface area (Å²) in [6.45, 7) is 3.72. The zero-order valence-electron chi connectivity index (χ0n) is 10.9. The van der Waals surface area contributed by atoms with E-state index in [4.69, 9.17) is 0 Å². The van der Waals surface area contributed by atoms with Crippen LogP contribution in [0.1, 0.15) is 28.2 Å². The molecule has 2 aromatic heterocycles. The molecule has 0 saturated heterocycles. The van der Waals surface area contributed by atoms with Crippen molar-refractivity contribution in [1.82, 2.24) is 14.9 Å². The van der Waals surface area contributed by atoms with Gasteiger partial charge in [-0.15, -0.1) is 0 Å². The number of thiophene rings is 1. The number of nitrogens with zero attached hydrogens (tertiary/aromatic N) is 2. The Labute approximate surface area is 116 Å². The molecule has 3 rings (SSSR count). The lowest BCUT2D eigenvalue weighted by Crippen LogP contribution is -2.33. The Balaban J connectivity index is 1.56. The highest BCUT2D eigenvalue weighted by atomic mass is 32.1. The van der Waals surface area contributed by atoms with E-state index in [0.717, 1.165) is 42.9 Å². The Morgan fingerprint density at radius 1 is 1.58 bits per heavy atom. The average Bonchev–Trinajstić information content (AvgIpc) is 3.03. The number of hydrogen-bond donors (Lipinski definition) is 1. The van der Waals surface area contributed by atoms with E-state index >= 15 is 0 Å². The third-order valence-corrected chi connectivity index (χ3v) is 4.56. The van der Waals surface area contributed by atoms with Crippen molar-refractivity contribution in [3.63, 3.8) is 0 Å². The second-order valence-corrected chi connectivity index (χ2v) is 5.82. The van der Waals surface area contributed by atoms with Gasteiger partial charge in [0.15, 0.2) is 0 Å². The van der Waals surface area contributed by atoms with E-state index in [9.17, 15) is 4.79 Å². The highest BCUT2D eigenvalue weighted by Crippen LogP contribution is 2.19. The molecule has 0 fully saturated rings. The third kappa shape index (κ3) is 2.56. The highest BCUT2D eigenvalue weighted by molar-refractivity contribution is 7.08. The van der Waals surface area contributed by atoms with Gasteiger partial charge in [-0.3, -0.25) is 4.79 Å². The first-order valence-corrected chi connectivity index (χ1v) is 7.49. The molecule has 0 radical (unpaired) electrons. The summed E-state index contributed by atoms with van der Waals surface area (Å²) in [5.74, 6) is 1.68. The topological polar surface area (TPSA) is 46.9 Å². The van der Waals surface area contributed by atoms with Gasteiger partial charge in [0.25, 0.3) is 5.91 Å². The van der Waals surface area contributed by atoms with Crippen LogP contribution < -0.4 is 5.32 Å². The maximum atomic E-state index is 12.0.